The third kappa shape index (κ3) is 3.98. The molecule has 4 unspecified atom stereocenters. The van der Waals surface area contributed by atoms with Crippen molar-refractivity contribution in [3.63, 3.8) is 0 Å². The molecule has 0 spiro atoms. The van der Waals surface area contributed by atoms with Gasteiger partial charge in [-0.25, -0.2) is 0 Å². The molecule has 2 saturated carbocycles. The average molecular weight is 297 g/mol. The van der Waals surface area contributed by atoms with Crippen LogP contribution in [0.15, 0.2) is 0 Å². The fourth-order valence-corrected chi connectivity index (χ4v) is 4.35. The molecule has 0 radical (unpaired) electrons. The van der Waals surface area contributed by atoms with Gasteiger partial charge in [-0.3, -0.25) is 4.79 Å². The van der Waals surface area contributed by atoms with Crippen LogP contribution in [0, 0.1) is 17.8 Å². The van der Waals surface area contributed by atoms with Crippen molar-refractivity contribution in [1.29, 1.82) is 0 Å². The molecule has 0 heterocycles. The Labute approximate surface area is 128 Å². The Morgan fingerprint density at radius 1 is 1.24 bits per heavy atom. The van der Waals surface area contributed by atoms with Crippen LogP contribution in [0.2, 0.25) is 0 Å². The predicted molar refractivity (Wildman–Crippen MR) is 82.8 cm³/mol. The molecule has 2 N–H and O–H groups in total. The number of rotatable bonds is 5. The molecule has 4 atom stereocenters. The largest absolute Gasteiger partial charge is 0.468 e. The highest BCUT2D eigenvalue weighted by Crippen LogP contribution is 2.37. The number of nitrogens with two attached hydrogens (primary N) is 1. The van der Waals surface area contributed by atoms with E-state index in [1.54, 1.807) is 0 Å². The first-order valence-corrected chi connectivity index (χ1v) is 8.44. The molecule has 0 saturated heterocycles. The third-order valence-corrected chi connectivity index (χ3v) is 5.39. The molecule has 0 bridgehead atoms. The second-order valence-corrected chi connectivity index (χ2v) is 7.32. The van der Waals surface area contributed by atoms with E-state index < -0.39 is 5.54 Å². The summed E-state index contributed by atoms with van der Waals surface area (Å²) in [6, 6.07) is 0. The molecular formula is C17H31NO3. The maximum Gasteiger partial charge on any atom is 0.326 e. The summed E-state index contributed by atoms with van der Waals surface area (Å²) in [5.74, 6) is 1.45. The van der Waals surface area contributed by atoms with Gasteiger partial charge in [0, 0.05) is 6.61 Å². The monoisotopic (exact) mass is 297 g/mol. The first-order valence-electron chi connectivity index (χ1n) is 8.44. The molecule has 2 aliphatic rings. The number of carbonyl (C=O) groups is 1. The van der Waals surface area contributed by atoms with Crippen molar-refractivity contribution in [2.75, 3.05) is 13.7 Å². The van der Waals surface area contributed by atoms with E-state index in [0.717, 1.165) is 37.5 Å². The Hall–Kier alpha value is -0.610. The summed E-state index contributed by atoms with van der Waals surface area (Å²) in [6.07, 6.45) is 7.65. The Kier molecular flexibility index (Phi) is 5.67. The van der Waals surface area contributed by atoms with Gasteiger partial charge in [0.2, 0.25) is 0 Å². The summed E-state index contributed by atoms with van der Waals surface area (Å²) in [6.45, 7) is 5.33. The number of carbonyl (C=O) groups excluding carboxylic acids is 1. The molecule has 2 rings (SSSR count). The van der Waals surface area contributed by atoms with Gasteiger partial charge >= 0.3 is 5.97 Å². The van der Waals surface area contributed by atoms with Crippen molar-refractivity contribution in [3.8, 4) is 0 Å². The summed E-state index contributed by atoms with van der Waals surface area (Å²) >= 11 is 0. The van der Waals surface area contributed by atoms with E-state index in [4.69, 9.17) is 15.2 Å². The number of ether oxygens (including phenoxy) is 2. The van der Waals surface area contributed by atoms with Gasteiger partial charge in [0.1, 0.15) is 5.54 Å². The van der Waals surface area contributed by atoms with Gasteiger partial charge in [0.05, 0.1) is 13.2 Å². The maximum atomic E-state index is 11.9. The number of hydrogen-bond donors (Lipinski definition) is 1. The predicted octanol–water partition coefficient (Wildman–Crippen LogP) is 2.89. The lowest BCUT2D eigenvalue weighted by atomic mass is 9.81. The van der Waals surface area contributed by atoms with Crippen molar-refractivity contribution in [1.82, 2.24) is 0 Å². The van der Waals surface area contributed by atoms with Crippen molar-refractivity contribution in [2.24, 2.45) is 23.5 Å². The van der Waals surface area contributed by atoms with Crippen molar-refractivity contribution >= 4 is 5.97 Å². The Balaban J connectivity index is 1.79. The van der Waals surface area contributed by atoms with Gasteiger partial charge < -0.3 is 15.2 Å². The zero-order valence-electron chi connectivity index (χ0n) is 13.8. The van der Waals surface area contributed by atoms with Gasteiger partial charge in [-0.2, -0.15) is 0 Å². The highest BCUT2D eigenvalue weighted by Gasteiger charge is 2.46. The Morgan fingerprint density at radius 3 is 2.52 bits per heavy atom. The SMILES string of the molecule is COC(=O)C1(N)CCCC1CCOC1CC(C)CC(C)C1. The summed E-state index contributed by atoms with van der Waals surface area (Å²) in [4.78, 5) is 11.9. The van der Waals surface area contributed by atoms with Crippen LogP contribution in [0.4, 0.5) is 0 Å². The minimum absolute atomic E-state index is 0.198. The second-order valence-electron chi connectivity index (χ2n) is 7.32. The fourth-order valence-electron chi connectivity index (χ4n) is 4.35. The van der Waals surface area contributed by atoms with E-state index >= 15 is 0 Å². The van der Waals surface area contributed by atoms with E-state index in [0.29, 0.717) is 12.7 Å². The zero-order chi connectivity index (χ0) is 15.5. The van der Waals surface area contributed by atoms with E-state index in [1.807, 2.05) is 0 Å². The molecule has 21 heavy (non-hydrogen) atoms. The molecule has 0 amide bonds. The normalized spacial score (nSPS) is 40.2. The van der Waals surface area contributed by atoms with Crippen LogP contribution in [0.3, 0.4) is 0 Å². The number of methoxy groups -OCH3 is 1. The Morgan fingerprint density at radius 2 is 1.90 bits per heavy atom. The van der Waals surface area contributed by atoms with E-state index in [1.165, 1.54) is 26.4 Å². The van der Waals surface area contributed by atoms with Gasteiger partial charge in [-0.05, 0) is 56.3 Å². The standard InChI is InChI=1S/C17H31NO3/c1-12-9-13(2)11-15(10-12)21-8-6-14-5-4-7-17(14,18)16(19)20-3/h12-15H,4-11,18H2,1-3H3. The van der Waals surface area contributed by atoms with Crippen molar-refractivity contribution in [3.05, 3.63) is 0 Å². The zero-order valence-corrected chi connectivity index (χ0v) is 13.8. The van der Waals surface area contributed by atoms with Crippen molar-refractivity contribution < 1.29 is 14.3 Å². The molecule has 122 valence electrons. The van der Waals surface area contributed by atoms with Gasteiger partial charge in [-0.1, -0.05) is 20.3 Å². The highest BCUT2D eigenvalue weighted by molar-refractivity contribution is 5.81. The van der Waals surface area contributed by atoms with E-state index in [2.05, 4.69) is 13.8 Å². The van der Waals surface area contributed by atoms with Crippen LogP contribution in [0.1, 0.15) is 58.8 Å². The minimum atomic E-state index is -0.786. The summed E-state index contributed by atoms with van der Waals surface area (Å²) in [5.41, 5.74) is 5.50. The first kappa shape index (κ1) is 16.8. The smallest absolute Gasteiger partial charge is 0.326 e. The summed E-state index contributed by atoms with van der Waals surface area (Å²) in [7, 11) is 1.42. The van der Waals surface area contributed by atoms with Gasteiger partial charge in [0.15, 0.2) is 0 Å². The highest BCUT2D eigenvalue weighted by atomic mass is 16.5. The Bertz CT molecular complexity index is 350. The second kappa shape index (κ2) is 7.10. The number of esters is 1. The topological polar surface area (TPSA) is 61.5 Å². The van der Waals surface area contributed by atoms with Gasteiger partial charge in [0.25, 0.3) is 0 Å². The lowest BCUT2D eigenvalue weighted by molar-refractivity contribution is -0.148. The molecule has 0 aromatic heterocycles. The molecule has 4 heteroatoms. The summed E-state index contributed by atoms with van der Waals surface area (Å²) in [5, 5.41) is 0. The quantitative estimate of drug-likeness (QED) is 0.793. The van der Waals surface area contributed by atoms with Crippen LogP contribution in [-0.4, -0.2) is 31.3 Å². The minimum Gasteiger partial charge on any atom is -0.468 e. The van der Waals surface area contributed by atoms with E-state index in [9.17, 15) is 4.79 Å². The molecular weight excluding hydrogens is 266 g/mol. The maximum absolute atomic E-state index is 11.9. The lowest BCUT2D eigenvalue weighted by Crippen LogP contribution is -2.52. The van der Waals surface area contributed by atoms with Crippen LogP contribution in [-0.2, 0) is 14.3 Å². The average Bonchev–Trinajstić information content (AvgIpc) is 2.79. The summed E-state index contributed by atoms with van der Waals surface area (Å²) < 4.78 is 11.0. The molecule has 2 aliphatic carbocycles. The molecule has 0 aliphatic heterocycles. The third-order valence-electron chi connectivity index (χ3n) is 5.39. The van der Waals surface area contributed by atoms with Crippen LogP contribution in [0.25, 0.3) is 0 Å². The molecule has 4 nitrogen and oxygen atoms in total. The fraction of sp³-hybridized carbons (Fsp3) is 0.941. The van der Waals surface area contributed by atoms with Crippen molar-refractivity contribution in [2.45, 2.75) is 70.4 Å². The molecule has 0 aromatic carbocycles. The lowest BCUT2D eigenvalue weighted by Gasteiger charge is -2.32. The first-order chi connectivity index (χ1) is 9.95. The van der Waals surface area contributed by atoms with Crippen LogP contribution in [0.5, 0.6) is 0 Å². The van der Waals surface area contributed by atoms with Gasteiger partial charge in [-0.15, -0.1) is 0 Å². The number of hydrogen-bond acceptors (Lipinski definition) is 4. The molecule has 2 fully saturated rings. The molecule has 0 aromatic rings. The van der Waals surface area contributed by atoms with Crippen LogP contribution >= 0.6 is 0 Å². The van der Waals surface area contributed by atoms with E-state index in [-0.39, 0.29) is 11.9 Å². The van der Waals surface area contributed by atoms with Crippen LogP contribution < -0.4 is 5.73 Å².